The van der Waals surface area contributed by atoms with E-state index in [2.05, 4.69) is 20.6 Å². The third kappa shape index (κ3) is 5.53. The lowest BCUT2D eigenvalue weighted by atomic mass is 10.2. The lowest BCUT2D eigenvalue weighted by Gasteiger charge is -2.08. The summed E-state index contributed by atoms with van der Waals surface area (Å²) in [7, 11) is 0. The highest BCUT2D eigenvalue weighted by Gasteiger charge is 2.13. The lowest BCUT2D eigenvalue weighted by Crippen LogP contribution is -2.15. The maximum Gasteiger partial charge on any atom is 0.257 e. The zero-order valence-corrected chi connectivity index (χ0v) is 18.9. The molecule has 0 radical (unpaired) electrons. The van der Waals surface area contributed by atoms with Crippen molar-refractivity contribution in [2.24, 2.45) is 0 Å². The fourth-order valence-electron chi connectivity index (χ4n) is 2.93. The SMILES string of the molecule is O=C(CCn1ccnc1)Nc1cccc(C(=O)Nc2nc(-c3cc(Cl)ccc3Cl)cs2)c1. The van der Waals surface area contributed by atoms with Gasteiger partial charge in [0, 0.05) is 52.6 Å². The van der Waals surface area contributed by atoms with Crippen molar-refractivity contribution in [1.29, 1.82) is 0 Å². The van der Waals surface area contributed by atoms with Crippen LogP contribution in [0.25, 0.3) is 11.3 Å². The van der Waals surface area contributed by atoms with Crippen molar-refractivity contribution in [3.8, 4) is 11.3 Å². The first kappa shape index (κ1) is 22.0. The Morgan fingerprint density at radius 3 is 2.78 bits per heavy atom. The predicted molar refractivity (Wildman–Crippen MR) is 127 cm³/mol. The van der Waals surface area contributed by atoms with Gasteiger partial charge < -0.3 is 9.88 Å². The molecular weight excluding hydrogens is 469 g/mol. The largest absolute Gasteiger partial charge is 0.337 e. The van der Waals surface area contributed by atoms with E-state index in [1.165, 1.54) is 11.3 Å². The second kappa shape index (κ2) is 9.95. The van der Waals surface area contributed by atoms with Crippen LogP contribution in [0, 0.1) is 0 Å². The first-order valence-corrected chi connectivity index (χ1v) is 11.2. The van der Waals surface area contributed by atoms with Gasteiger partial charge in [0.05, 0.1) is 17.0 Å². The summed E-state index contributed by atoms with van der Waals surface area (Å²) in [6.07, 6.45) is 5.40. The van der Waals surface area contributed by atoms with Crippen molar-refractivity contribution >= 4 is 57.2 Å². The summed E-state index contributed by atoms with van der Waals surface area (Å²) < 4.78 is 1.82. The minimum atomic E-state index is -0.336. The average Bonchev–Trinajstić information content (AvgIpc) is 3.46. The number of aryl methyl sites for hydroxylation is 1. The minimum absolute atomic E-state index is 0.153. The predicted octanol–water partition coefficient (Wildman–Crippen LogP) is 5.59. The van der Waals surface area contributed by atoms with Gasteiger partial charge in [0.15, 0.2) is 5.13 Å². The Balaban J connectivity index is 1.39. The molecule has 2 aromatic heterocycles. The molecule has 2 aromatic carbocycles. The van der Waals surface area contributed by atoms with E-state index in [0.29, 0.717) is 50.7 Å². The molecule has 0 unspecified atom stereocenters. The Bertz CT molecular complexity index is 1260. The number of anilines is 2. The highest BCUT2D eigenvalue weighted by Crippen LogP contribution is 2.32. The van der Waals surface area contributed by atoms with Crippen molar-refractivity contribution in [1.82, 2.24) is 14.5 Å². The van der Waals surface area contributed by atoms with Gasteiger partial charge in [0.2, 0.25) is 5.91 Å². The highest BCUT2D eigenvalue weighted by molar-refractivity contribution is 7.14. The molecule has 7 nitrogen and oxygen atoms in total. The van der Waals surface area contributed by atoms with Gasteiger partial charge >= 0.3 is 0 Å². The van der Waals surface area contributed by atoms with Gasteiger partial charge in [-0.25, -0.2) is 9.97 Å². The average molecular weight is 486 g/mol. The fourth-order valence-corrected chi connectivity index (χ4v) is 4.02. The van der Waals surface area contributed by atoms with E-state index in [0.717, 1.165) is 0 Å². The number of halogens is 2. The van der Waals surface area contributed by atoms with Crippen LogP contribution in [0.2, 0.25) is 10.0 Å². The van der Waals surface area contributed by atoms with E-state index in [1.807, 2.05) is 4.57 Å². The second-order valence-corrected chi connectivity index (χ2v) is 8.50. The molecule has 0 atom stereocenters. The van der Waals surface area contributed by atoms with Crippen molar-refractivity contribution < 1.29 is 9.59 Å². The molecule has 162 valence electrons. The molecule has 2 N–H and O–H groups in total. The number of thiazole rings is 1. The number of hydrogen-bond acceptors (Lipinski definition) is 5. The van der Waals surface area contributed by atoms with Crippen LogP contribution in [-0.4, -0.2) is 26.3 Å². The van der Waals surface area contributed by atoms with E-state index < -0.39 is 0 Å². The number of carbonyl (C=O) groups is 2. The molecule has 4 rings (SSSR count). The Morgan fingerprint density at radius 1 is 1.09 bits per heavy atom. The first-order chi connectivity index (χ1) is 15.5. The molecule has 0 aliphatic heterocycles. The summed E-state index contributed by atoms with van der Waals surface area (Å²) in [5, 5.41) is 8.88. The van der Waals surface area contributed by atoms with E-state index in [1.54, 1.807) is 66.6 Å². The smallest absolute Gasteiger partial charge is 0.257 e. The quantitative estimate of drug-likeness (QED) is 0.356. The zero-order chi connectivity index (χ0) is 22.5. The summed E-state index contributed by atoms with van der Waals surface area (Å²) >= 11 is 13.6. The normalized spacial score (nSPS) is 10.7. The molecule has 0 aliphatic rings. The van der Waals surface area contributed by atoms with Gasteiger partial charge in [-0.15, -0.1) is 11.3 Å². The Morgan fingerprint density at radius 2 is 1.97 bits per heavy atom. The molecule has 0 fully saturated rings. The molecule has 0 bridgehead atoms. The van der Waals surface area contributed by atoms with Gasteiger partial charge in [-0.3, -0.25) is 14.9 Å². The van der Waals surface area contributed by atoms with Crippen LogP contribution < -0.4 is 10.6 Å². The van der Waals surface area contributed by atoms with Gasteiger partial charge in [-0.1, -0.05) is 29.3 Å². The number of imidazole rings is 1. The summed E-state index contributed by atoms with van der Waals surface area (Å²) in [4.78, 5) is 33.3. The number of benzene rings is 2. The number of nitrogens with one attached hydrogen (secondary N) is 2. The fraction of sp³-hybridized carbons (Fsp3) is 0.0909. The number of carbonyl (C=O) groups excluding carboxylic acids is 2. The van der Waals surface area contributed by atoms with Crippen LogP contribution in [0.4, 0.5) is 10.8 Å². The molecule has 4 aromatic rings. The topological polar surface area (TPSA) is 88.9 Å². The molecular formula is C22H17Cl2N5O2S. The molecule has 0 saturated heterocycles. The highest BCUT2D eigenvalue weighted by atomic mass is 35.5. The van der Waals surface area contributed by atoms with Crippen molar-refractivity contribution in [3.63, 3.8) is 0 Å². The van der Waals surface area contributed by atoms with Crippen molar-refractivity contribution in [3.05, 3.63) is 82.2 Å². The third-order valence-electron chi connectivity index (χ3n) is 4.49. The number of amides is 2. The molecule has 10 heteroatoms. The number of aromatic nitrogens is 3. The molecule has 2 amide bonds. The minimum Gasteiger partial charge on any atom is -0.337 e. The van der Waals surface area contributed by atoms with Gasteiger partial charge in [0.1, 0.15) is 0 Å². The van der Waals surface area contributed by atoms with Crippen LogP contribution in [0.15, 0.2) is 66.6 Å². The molecule has 2 heterocycles. The molecule has 0 spiro atoms. The van der Waals surface area contributed by atoms with Crippen LogP contribution in [0.1, 0.15) is 16.8 Å². The Labute approximate surface area is 198 Å². The van der Waals surface area contributed by atoms with E-state index in [-0.39, 0.29) is 11.8 Å². The van der Waals surface area contributed by atoms with Crippen molar-refractivity contribution in [2.45, 2.75) is 13.0 Å². The second-order valence-electron chi connectivity index (χ2n) is 6.80. The standard InChI is InChI=1S/C22H17Cl2N5O2S/c23-15-4-5-18(24)17(11-15)19-12-32-22(27-19)28-21(31)14-2-1-3-16(10-14)26-20(30)6-8-29-9-7-25-13-29/h1-5,7,9-13H,6,8H2,(H,26,30)(H,27,28,31). The Hall–Kier alpha value is -3.20. The summed E-state index contributed by atoms with van der Waals surface area (Å²) in [6, 6.07) is 11.8. The van der Waals surface area contributed by atoms with Crippen LogP contribution >= 0.6 is 34.5 Å². The number of nitrogens with zero attached hydrogens (tertiary/aromatic N) is 3. The van der Waals surface area contributed by atoms with Crippen LogP contribution in [-0.2, 0) is 11.3 Å². The summed E-state index contributed by atoms with van der Waals surface area (Å²) in [6.45, 7) is 0.523. The lowest BCUT2D eigenvalue weighted by molar-refractivity contribution is -0.116. The summed E-state index contributed by atoms with van der Waals surface area (Å²) in [5.74, 6) is -0.489. The Kier molecular flexibility index (Phi) is 6.84. The van der Waals surface area contributed by atoms with Gasteiger partial charge in [0.25, 0.3) is 5.91 Å². The number of hydrogen-bond donors (Lipinski definition) is 2. The molecule has 0 saturated carbocycles. The van der Waals surface area contributed by atoms with E-state index in [4.69, 9.17) is 23.2 Å². The van der Waals surface area contributed by atoms with Gasteiger partial charge in [-0.05, 0) is 36.4 Å². The summed E-state index contributed by atoms with van der Waals surface area (Å²) in [5.41, 5.74) is 2.25. The van der Waals surface area contributed by atoms with Crippen LogP contribution in [0.5, 0.6) is 0 Å². The third-order valence-corrected chi connectivity index (χ3v) is 5.82. The maximum atomic E-state index is 12.7. The van der Waals surface area contributed by atoms with E-state index >= 15 is 0 Å². The first-order valence-electron chi connectivity index (χ1n) is 9.56. The van der Waals surface area contributed by atoms with Crippen molar-refractivity contribution in [2.75, 3.05) is 10.6 Å². The number of rotatable bonds is 7. The molecule has 0 aliphatic carbocycles. The van der Waals surface area contributed by atoms with Crippen LogP contribution in [0.3, 0.4) is 0 Å². The zero-order valence-electron chi connectivity index (χ0n) is 16.6. The van der Waals surface area contributed by atoms with E-state index in [9.17, 15) is 9.59 Å². The monoisotopic (exact) mass is 485 g/mol. The molecule has 32 heavy (non-hydrogen) atoms. The van der Waals surface area contributed by atoms with Gasteiger partial charge in [-0.2, -0.15) is 0 Å². The maximum absolute atomic E-state index is 12.7.